The second kappa shape index (κ2) is 2.69. The number of rotatable bonds is 1. The van der Waals surface area contributed by atoms with E-state index in [4.69, 9.17) is 4.74 Å². The summed E-state index contributed by atoms with van der Waals surface area (Å²) in [6.07, 6.45) is 1.91. The van der Waals surface area contributed by atoms with Gasteiger partial charge in [-0.2, -0.15) is 0 Å². The maximum atomic E-state index is 9.72. The quantitative estimate of drug-likeness (QED) is 0.721. The van der Waals surface area contributed by atoms with E-state index in [1.807, 2.05) is 29.9 Å². The SMILES string of the molecule is COc1ccc2c(ccn2C)c1O. The molecule has 0 saturated heterocycles. The molecule has 0 aliphatic rings. The van der Waals surface area contributed by atoms with Gasteiger partial charge in [-0.1, -0.05) is 0 Å². The molecular weight excluding hydrogens is 166 g/mol. The van der Waals surface area contributed by atoms with Crippen molar-refractivity contribution in [1.29, 1.82) is 0 Å². The van der Waals surface area contributed by atoms with E-state index in [0.717, 1.165) is 10.9 Å². The molecule has 0 unspecified atom stereocenters. The summed E-state index contributed by atoms with van der Waals surface area (Å²) in [5, 5.41) is 10.5. The van der Waals surface area contributed by atoms with Gasteiger partial charge in [0.1, 0.15) is 0 Å². The number of aromatic nitrogens is 1. The second-order valence-corrected chi connectivity index (χ2v) is 2.98. The predicted molar refractivity (Wildman–Crippen MR) is 51.1 cm³/mol. The summed E-state index contributed by atoms with van der Waals surface area (Å²) in [5.74, 6) is 0.722. The Balaban J connectivity index is 2.80. The molecule has 0 bridgehead atoms. The van der Waals surface area contributed by atoms with E-state index >= 15 is 0 Å². The molecule has 1 heterocycles. The van der Waals surface area contributed by atoms with E-state index in [9.17, 15) is 5.11 Å². The number of phenols is 1. The number of benzene rings is 1. The molecule has 0 fully saturated rings. The largest absolute Gasteiger partial charge is 0.504 e. The van der Waals surface area contributed by atoms with Crippen LogP contribution in [0.4, 0.5) is 0 Å². The average molecular weight is 177 g/mol. The lowest BCUT2D eigenvalue weighted by Crippen LogP contribution is -1.86. The van der Waals surface area contributed by atoms with Crippen LogP contribution in [0.25, 0.3) is 10.9 Å². The summed E-state index contributed by atoms with van der Waals surface area (Å²) in [6.45, 7) is 0. The highest BCUT2D eigenvalue weighted by Crippen LogP contribution is 2.34. The molecule has 2 rings (SSSR count). The molecule has 0 atom stereocenters. The van der Waals surface area contributed by atoms with E-state index in [1.54, 1.807) is 13.2 Å². The molecule has 0 saturated carbocycles. The van der Waals surface area contributed by atoms with Crippen LogP contribution in [0.2, 0.25) is 0 Å². The number of aromatic hydroxyl groups is 1. The Labute approximate surface area is 76.2 Å². The first-order chi connectivity index (χ1) is 6.24. The molecule has 0 aliphatic carbocycles. The summed E-state index contributed by atoms with van der Waals surface area (Å²) in [4.78, 5) is 0. The Bertz CT molecular complexity index is 445. The lowest BCUT2D eigenvalue weighted by molar-refractivity contribution is 0.376. The van der Waals surface area contributed by atoms with E-state index in [1.165, 1.54) is 0 Å². The van der Waals surface area contributed by atoms with Gasteiger partial charge in [-0.25, -0.2) is 0 Å². The molecule has 1 N–H and O–H groups in total. The first-order valence-electron chi connectivity index (χ1n) is 4.05. The maximum absolute atomic E-state index is 9.72. The standard InChI is InChI=1S/C10H11NO2/c1-11-6-5-7-8(11)3-4-9(13-2)10(7)12/h3-6,12H,1-2H3. The molecule has 3 heteroatoms. The third-order valence-electron chi connectivity index (χ3n) is 2.22. The zero-order valence-electron chi connectivity index (χ0n) is 7.61. The molecule has 0 spiro atoms. The maximum Gasteiger partial charge on any atom is 0.167 e. The first kappa shape index (κ1) is 7.98. The Morgan fingerprint density at radius 1 is 1.31 bits per heavy atom. The molecule has 0 radical (unpaired) electrons. The van der Waals surface area contributed by atoms with Gasteiger partial charge in [-0.15, -0.1) is 0 Å². The molecule has 68 valence electrons. The number of nitrogens with zero attached hydrogens (tertiary/aromatic N) is 1. The highest BCUT2D eigenvalue weighted by atomic mass is 16.5. The van der Waals surface area contributed by atoms with Gasteiger partial charge in [0.2, 0.25) is 0 Å². The normalized spacial score (nSPS) is 10.6. The molecule has 1 aromatic carbocycles. The highest BCUT2D eigenvalue weighted by molar-refractivity contribution is 5.88. The van der Waals surface area contributed by atoms with Gasteiger partial charge in [0, 0.05) is 18.6 Å². The predicted octanol–water partition coefficient (Wildman–Crippen LogP) is 1.89. The van der Waals surface area contributed by atoms with E-state index < -0.39 is 0 Å². The fourth-order valence-corrected chi connectivity index (χ4v) is 1.48. The molecule has 3 nitrogen and oxygen atoms in total. The number of aryl methyl sites for hydroxylation is 1. The zero-order valence-corrected chi connectivity index (χ0v) is 7.61. The van der Waals surface area contributed by atoms with E-state index in [0.29, 0.717) is 5.75 Å². The van der Waals surface area contributed by atoms with Crippen LogP contribution in [0.3, 0.4) is 0 Å². The Morgan fingerprint density at radius 3 is 2.77 bits per heavy atom. The lowest BCUT2D eigenvalue weighted by atomic mass is 10.2. The average Bonchev–Trinajstić information content (AvgIpc) is 2.50. The summed E-state index contributed by atoms with van der Waals surface area (Å²) in [7, 11) is 3.48. The van der Waals surface area contributed by atoms with Gasteiger partial charge in [0.05, 0.1) is 12.6 Å². The van der Waals surface area contributed by atoms with Crippen molar-refractivity contribution in [3.63, 3.8) is 0 Å². The molecule has 0 amide bonds. The fraction of sp³-hybridized carbons (Fsp3) is 0.200. The third kappa shape index (κ3) is 1.04. The van der Waals surface area contributed by atoms with Crippen LogP contribution in [0.5, 0.6) is 11.5 Å². The first-order valence-corrected chi connectivity index (χ1v) is 4.05. The van der Waals surface area contributed by atoms with Crippen molar-refractivity contribution < 1.29 is 9.84 Å². The number of fused-ring (bicyclic) bond motifs is 1. The Hall–Kier alpha value is -1.64. The summed E-state index contributed by atoms with van der Waals surface area (Å²) < 4.78 is 6.96. The number of hydrogen-bond acceptors (Lipinski definition) is 2. The third-order valence-corrected chi connectivity index (χ3v) is 2.22. The Morgan fingerprint density at radius 2 is 2.08 bits per heavy atom. The van der Waals surface area contributed by atoms with Crippen LogP contribution in [-0.4, -0.2) is 16.8 Å². The van der Waals surface area contributed by atoms with Crippen LogP contribution in [0, 0.1) is 0 Å². The number of hydrogen-bond donors (Lipinski definition) is 1. The van der Waals surface area contributed by atoms with Crippen molar-refractivity contribution in [3.8, 4) is 11.5 Å². The zero-order chi connectivity index (χ0) is 9.42. The van der Waals surface area contributed by atoms with Gasteiger partial charge >= 0.3 is 0 Å². The minimum absolute atomic E-state index is 0.209. The lowest BCUT2D eigenvalue weighted by Gasteiger charge is -2.04. The van der Waals surface area contributed by atoms with Crippen LogP contribution in [-0.2, 0) is 7.05 Å². The summed E-state index contributed by atoms with van der Waals surface area (Å²) >= 11 is 0. The Kier molecular flexibility index (Phi) is 1.65. The van der Waals surface area contributed by atoms with Crippen molar-refractivity contribution in [2.75, 3.05) is 7.11 Å². The minimum atomic E-state index is 0.209. The molecule has 0 aliphatic heterocycles. The van der Waals surface area contributed by atoms with E-state index in [-0.39, 0.29) is 5.75 Å². The van der Waals surface area contributed by atoms with Crippen LogP contribution >= 0.6 is 0 Å². The number of ether oxygens (including phenoxy) is 1. The topological polar surface area (TPSA) is 34.4 Å². The second-order valence-electron chi connectivity index (χ2n) is 2.98. The van der Waals surface area contributed by atoms with Gasteiger partial charge in [-0.05, 0) is 18.2 Å². The van der Waals surface area contributed by atoms with Crippen molar-refractivity contribution in [1.82, 2.24) is 4.57 Å². The summed E-state index contributed by atoms with van der Waals surface area (Å²) in [6, 6.07) is 5.55. The van der Waals surface area contributed by atoms with Gasteiger partial charge in [0.25, 0.3) is 0 Å². The molecule has 1 aromatic heterocycles. The highest BCUT2D eigenvalue weighted by Gasteiger charge is 2.07. The van der Waals surface area contributed by atoms with Gasteiger partial charge in [0.15, 0.2) is 11.5 Å². The molecule has 2 aromatic rings. The smallest absolute Gasteiger partial charge is 0.167 e. The molecular formula is C10H11NO2. The number of methoxy groups -OCH3 is 1. The van der Waals surface area contributed by atoms with Crippen LogP contribution in [0.1, 0.15) is 0 Å². The fourth-order valence-electron chi connectivity index (χ4n) is 1.48. The van der Waals surface area contributed by atoms with E-state index in [2.05, 4.69) is 0 Å². The van der Waals surface area contributed by atoms with Crippen molar-refractivity contribution in [3.05, 3.63) is 24.4 Å². The van der Waals surface area contributed by atoms with Gasteiger partial charge in [-0.3, -0.25) is 0 Å². The monoisotopic (exact) mass is 177 g/mol. The van der Waals surface area contributed by atoms with Crippen molar-refractivity contribution in [2.45, 2.75) is 0 Å². The van der Waals surface area contributed by atoms with Crippen molar-refractivity contribution >= 4 is 10.9 Å². The van der Waals surface area contributed by atoms with Crippen LogP contribution in [0.15, 0.2) is 24.4 Å². The molecule has 13 heavy (non-hydrogen) atoms. The minimum Gasteiger partial charge on any atom is -0.504 e. The van der Waals surface area contributed by atoms with Crippen LogP contribution < -0.4 is 4.74 Å². The number of phenolic OH excluding ortho intramolecular Hbond substituents is 1. The van der Waals surface area contributed by atoms with Gasteiger partial charge < -0.3 is 14.4 Å². The van der Waals surface area contributed by atoms with Crippen molar-refractivity contribution in [2.24, 2.45) is 7.05 Å². The summed E-state index contributed by atoms with van der Waals surface area (Å²) in [5.41, 5.74) is 0.998.